The second kappa shape index (κ2) is 5.44. The van der Waals surface area contributed by atoms with Gasteiger partial charge in [-0.2, -0.15) is 0 Å². The van der Waals surface area contributed by atoms with Crippen LogP contribution in [0.4, 0.5) is 5.69 Å². The van der Waals surface area contributed by atoms with Gasteiger partial charge in [-0.25, -0.2) is 0 Å². The monoisotopic (exact) mass is 349 g/mol. The Labute approximate surface area is 148 Å². The van der Waals surface area contributed by atoms with Gasteiger partial charge in [-0.05, 0) is 18.2 Å². The Morgan fingerprint density at radius 2 is 1.65 bits per heavy atom. The average Bonchev–Trinajstić information content (AvgIpc) is 3.33. The molecule has 2 aromatic carbocycles. The molecule has 6 nitrogen and oxygen atoms in total. The van der Waals surface area contributed by atoms with E-state index in [-0.39, 0.29) is 5.91 Å². The van der Waals surface area contributed by atoms with Crippen molar-refractivity contribution in [2.24, 2.45) is 11.8 Å². The van der Waals surface area contributed by atoms with Crippen LogP contribution in [0.2, 0.25) is 0 Å². The second-order valence-corrected chi connectivity index (χ2v) is 6.64. The lowest BCUT2D eigenvalue weighted by Gasteiger charge is -2.20. The van der Waals surface area contributed by atoms with Gasteiger partial charge in [-0.1, -0.05) is 30.4 Å². The number of amides is 1. The van der Waals surface area contributed by atoms with E-state index < -0.39 is 30.0 Å². The van der Waals surface area contributed by atoms with E-state index in [1.54, 1.807) is 24.3 Å². The van der Waals surface area contributed by atoms with Gasteiger partial charge in [0.05, 0.1) is 18.1 Å². The highest BCUT2D eigenvalue weighted by atomic mass is 16.5. The number of fused-ring (bicyclic) bond motifs is 5. The van der Waals surface area contributed by atoms with Crippen molar-refractivity contribution in [2.75, 3.05) is 5.32 Å². The van der Waals surface area contributed by atoms with Crippen LogP contribution >= 0.6 is 0 Å². The maximum absolute atomic E-state index is 12.7. The van der Waals surface area contributed by atoms with Gasteiger partial charge in [-0.3, -0.25) is 9.59 Å². The van der Waals surface area contributed by atoms with Crippen LogP contribution in [0, 0.1) is 11.8 Å². The largest absolute Gasteiger partial charge is 0.481 e. The van der Waals surface area contributed by atoms with Gasteiger partial charge in [0.25, 0.3) is 0 Å². The van der Waals surface area contributed by atoms with E-state index >= 15 is 0 Å². The highest BCUT2D eigenvalue weighted by Crippen LogP contribution is 2.40. The summed E-state index contributed by atoms with van der Waals surface area (Å²) in [6.45, 7) is 0. The summed E-state index contributed by atoms with van der Waals surface area (Å²) in [7, 11) is 0. The van der Waals surface area contributed by atoms with Crippen molar-refractivity contribution in [3.05, 3.63) is 54.6 Å². The van der Waals surface area contributed by atoms with Crippen LogP contribution in [0.1, 0.15) is 0 Å². The molecule has 2 aliphatic rings. The fourth-order valence-electron chi connectivity index (χ4n) is 3.94. The molecule has 0 unspecified atom stereocenters. The molecule has 1 fully saturated rings. The molecule has 3 heterocycles. The fourth-order valence-corrected chi connectivity index (χ4v) is 3.94. The van der Waals surface area contributed by atoms with Gasteiger partial charge < -0.3 is 19.6 Å². The van der Waals surface area contributed by atoms with Crippen LogP contribution < -0.4 is 5.32 Å². The Kier molecular flexibility index (Phi) is 3.17. The van der Waals surface area contributed by atoms with Gasteiger partial charge in [-0.15, -0.1) is 0 Å². The number of hydrogen-bond acceptors (Lipinski definition) is 4. The summed E-state index contributed by atoms with van der Waals surface area (Å²) in [5, 5.41) is 14.2. The molecule has 2 aliphatic heterocycles. The first-order valence-electron chi connectivity index (χ1n) is 8.40. The van der Waals surface area contributed by atoms with Gasteiger partial charge in [0, 0.05) is 22.5 Å². The van der Waals surface area contributed by atoms with E-state index in [1.165, 1.54) is 0 Å². The summed E-state index contributed by atoms with van der Waals surface area (Å²) in [5.74, 6) is -2.98. The molecular weight excluding hydrogens is 334 g/mol. The van der Waals surface area contributed by atoms with E-state index in [4.69, 9.17) is 9.15 Å². The predicted octanol–water partition coefficient (Wildman–Crippen LogP) is 3.18. The van der Waals surface area contributed by atoms with Crippen molar-refractivity contribution < 1.29 is 23.8 Å². The molecular formula is C20H15NO5. The zero-order valence-corrected chi connectivity index (χ0v) is 13.6. The lowest BCUT2D eigenvalue weighted by molar-refractivity contribution is -0.145. The molecule has 4 atom stereocenters. The van der Waals surface area contributed by atoms with E-state index in [1.807, 2.05) is 30.3 Å². The zero-order chi connectivity index (χ0) is 17.8. The summed E-state index contributed by atoms with van der Waals surface area (Å²) in [5.41, 5.74) is 2.02. The van der Waals surface area contributed by atoms with E-state index in [9.17, 15) is 14.7 Å². The van der Waals surface area contributed by atoms with E-state index in [0.29, 0.717) is 11.3 Å². The number of ether oxygens (including phenoxy) is 1. The Morgan fingerprint density at radius 3 is 2.46 bits per heavy atom. The molecule has 130 valence electrons. The molecule has 1 saturated heterocycles. The van der Waals surface area contributed by atoms with Crippen molar-refractivity contribution in [1.82, 2.24) is 0 Å². The number of furan rings is 1. The van der Waals surface area contributed by atoms with Crippen LogP contribution in [0.25, 0.3) is 21.9 Å². The summed E-state index contributed by atoms with van der Waals surface area (Å²) >= 11 is 0. The number of aliphatic carboxylic acids is 1. The second-order valence-electron chi connectivity index (χ2n) is 6.64. The molecule has 26 heavy (non-hydrogen) atoms. The smallest absolute Gasteiger partial charge is 0.310 e. The van der Waals surface area contributed by atoms with Crippen LogP contribution in [0.15, 0.2) is 59.0 Å². The van der Waals surface area contributed by atoms with E-state index in [2.05, 4.69) is 5.32 Å². The number of nitrogens with one attached hydrogen (secondary N) is 1. The van der Waals surface area contributed by atoms with Gasteiger partial charge in [0.1, 0.15) is 17.1 Å². The van der Waals surface area contributed by atoms with Crippen molar-refractivity contribution in [2.45, 2.75) is 12.2 Å². The number of carbonyl (C=O) groups excluding carboxylic acids is 1. The molecule has 2 bridgehead atoms. The molecule has 6 heteroatoms. The van der Waals surface area contributed by atoms with Crippen molar-refractivity contribution in [3.8, 4) is 0 Å². The van der Waals surface area contributed by atoms with E-state index in [0.717, 1.165) is 16.4 Å². The van der Waals surface area contributed by atoms with Crippen LogP contribution in [0.5, 0.6) is 0 Å². The average molecular weight is 349 g/mol. The molecule has 2 N–H and O–H groups in total. The van der Waals surface area contributed by atoms with Gasteiger partial charge in [0.2, 0.25) is 5.91 Å². The molecule has 0 aliphatic carbocycles. The quantitative estimate of drug-likeness (QED) is 0.709. The highest BCUT2D eigenvalue weighted by Gasteiger charge is 2.53. The Balaban J connectivity index is 1.45. The number of anilines is 1. The number of carboxylic acid groups (broad SMARTS) is 1. The third-order valence-corrected chi connectivity index (χ3v) is 5.13. The zero-order valence-electron chi connectivity index (χ0n) is 13.6. The molecule has 0 saturated carbocycles. The SMILES string of the molecule is O=C(O)[C@@H]1[C@H](C(=O)Nc2ccc3c(c2)oc2ccccc23)[C@@H]2C=C[C@@H]1O2. The number of benzene rings is 2. The lowest BCUT2D eigenvalue weighted by Crippen LogP contribution is -2.39. The Morgan fingerprint density at radius 1 is 0.923 bits per heavy atom. The van der Waals surface area contributed by atoms with Crippen molar-refractivity contribution in [1.29, 1.82) is 0 Å². The van der Waals surface area contributed by atoms with Crippen molar-refractivity contribution in [3.63, 3.8) is 0 Å². The molecule has 0 radical (unpaired) electrons. The van der Waals surface area contributed by atoms with Crippen LogP contribution in [-0.4, -0.2) is 29.2 Å². The number of rotatable bonds is 3. The number of carboxylic acids is 1. The molecule has 0 spiro atoms. The van der Waals surface area contributed by atoms with Gasteiger partial charge >= 0.3 is 5.97 Å². The summed E-state index contributed by atoms with van der Waals surface area (Å²) < 4.78 is 11.4. The van der Waals surface area contributed by atoms with Crippen LogP contribution in [0.3, 0.4) is 0 Å². The first-order chi connectivity index (χ1) is 12.6. The lowest BCUT2D eigenvalue weighted by atomic mass is 9.82. The maximum Gasteiger partial charge on any atom is 0.310 e. The minimum Gasteiger partial charge on any atom is -0.481 e. The summed E-state index contributed by atoms with van der Waals surface area (Å²) in [4.78, 5) is 24.2. The Bertz CT molecular complexity index is 1080. The van der Waals surface area contributed by atoms with Gasteiger partial charge in [0.15, 0.2) is 0 Å². The minimum atomic E-state index is -1.02. The summed E-state index contributed by atoms with van der Waals surface area (Å²) in [6, 6.07) is 13.2. The topological polar surface area (TPSA) is 88.8 Å². The summed E-state index contributed by atoms with van der Waals surface area (Å²) in [6.07, 6.45) is 2.45. The normalized spacial score (nSPS) is 26.6. The first kappa shape index (κ1) is 15.2. The molecule has 3 aromatic rings. The molecule has 5 rings (SSSR count). The van der Waals surface area contributed by atoms with Crippen LogP contribution in [-0.2, 0) is 14.3 Å². The van der Waals surface area contributed by atoms with Crippen molar-refractivity contribution >= 4 is 39.5 Å². The number of carbonyl (C=O) groups is 2. The first-order valence-corrected chi connectivity index (χ1v) is 8.40. The molecule has 1 aromatic heterocycles. The standard InChI is InChI=1S/C20H15NO5/c22-19(17-14-7-8-15(26-14)18(17)20(23)24)21-10-5-6-12-11-3-1-2-4-13(11)25-16(12)9-10/h1-9,14-15,17-18H,(H,21,22)(H,23,24)/t14-,15-,17+,18-/m0/s1. The third-order valence-electron chi connectivity index (χ3n) is 5.13. The highest BCUT2D eigenvalue weighted by molar-refractivity contribution is 6.06. The number of para-hydroxylation sites is 1. The predicted molar refractivity (Wildman–Crippen MR) is 94.8 cm³/mol. The minimum absolute atomic E-state index is 0.357. The third kappa shape index (κ3) is 2.16. The fraction of sp³-hybridized carbons (Fsp3) is 0.200. The maximum atomic E-state index is 12.7. The Hall–Kier alpha value is -3.12. The number of hydrogen-bond donors (Lipinski definition) is 2. The molecule has 1 amide bonds.